The van der Waals surface area contributed by atoms with E-state index < -0.39 is 0 Å². The van der Waals surface area contributed by atoms with E-state index >= 15 is 0 Å². The Morgan fingerprint density at radius 1 is 0.176 bits per heavy atom. The predicted octanol–water partition coefficient (Wildman–Crippen LogP) is 26.9. The van der Waals surface area contributed by atoms with E-state index in [1.165, 1.54) is 126 Å². The number of fused-ring (bicyclic) bond motifs is 18. The Bertz CT molecular complexity index is 6590. The van der Waals surface area contributed by atoms with Crippen LogP contribution in [-0.2, 0) is 0 Å². The number of thiophene rings is 3. The molecular formula is C94H55N5S3. The fourth-order valence-electron chi connectivity index (χ4n) is 16.3. The average molecular weight is 1350 g/mol. The Hall–Kier alpha value is -12.6. The lowest BCUT2D eigenvalue weighted by molar-refractivity contribution is 1.15. The molecule has 22 aromatic rings. The van der Waals surface area contributed by atoms with E-state index in [1.54, 1.807) is 0 Å². The number of nitrogens with zero attached hydrogens (tertiary/aromatic N) is 5. The first kappa shape index (κ1) is 57.4. The molecule has 0 aliphatic rings. The smallest absolute Gasteiger partial charge is 0.160 e. The van der Waals surface area contributed by atoms with Crippen LogP contribution in [-0.4, -0.2) is 23.7 Å². The van der Waals surface area contributed by atoms with Crippen molar-refractivity contribution in [3.63, 3.8) is 0 Å². The van der Waals surface area contributed by atoms with Gasteiger partial charge >= 0.3 is 0 Å². The number of hydrogen-bond acceptors (Lipinski definition) is 5. The minimum Gasteiger partial charge on any atom is -0.309 e. The molecule has 7 heterocycles. The molecule has 22 rings (SSSR count). The standard InChI is InChI=1S/C94H55N5S3/c1-7-28-82-68(22-1)71-40-34-56(59-37-43-77-74-25-4-10-31-88(74)100-91(77)52-59)49-85(71)97(82)65-19-13-16-62(46-65)80-55-81(63-17-14-20-66(47-63)98-83-29-8-2-23-69(83)72-41-35-57(50-86(72)98)60-38-44-78-75-26-5-11-32-89(75)101-92(78)53-60)96-94(95-80)64-18-15-21-67(48-64)99-84-30-9-3-24-70(84)73-42-36-58(51-87(73)99)61-39-45-79-76-27-6-12-33-90(76)102-93(79)54-61/h1-55H. The molecule has 474 valence electrons. The third-order valence-electron chi connectivity index (χ3n) is 21.0. The first-order valence-corrected chi connectivity index (χ1v) is 37.0. The molecule has 0 spiro atoms. The summed E-state index contributed by atoms with van der Waals surface area (Å²) in [6.45, 7) is 0. The van der Waals surface area contributed by atoms with Gasteiger partial charge in [-0.3, -0.25) is 0 Å². The first-order chi connectivity index (χ1) is 50.5. The van der Waals surface area contributed by atoms with Gasteiger partial charge in [0.15, 0.2) is 5.82 Å². The van der Waals surface area contributed by atoms with Crippen molar-refractivity contribution >= 4 is 160 Å². The molecule has 0 amide bonds. The summed E-state index contributed by atoms with van der Waals surface area (Å²) >= 11 is 5.58. The second kappa shape index (κ2) is 22.5. The Morgan fingerprint density at radius 2 is 0.451 bits per heavy atom. The molecule has 0 saturated heterocycles. The maximum atomic E-state index is 5.67. The Kier molecular flexibility index (Phi) is 12.6. The SMILES string of the molecule is c1cc(-c2cc(-c3cccc(-n4c5ccccc5c5ccc(-c6ccc7c(c6)sc6ccccc67)cc54)c3)nc(-c3cccc(-n4c5ccccc5c5ccc(-c6ccc7c(c6)sc6ccccc67)cc54)c3)n2)cc(-n2c3ccccc3c3ccc(-c4ccc5c(c4)sc4ccccc45)cc32)c1. The van der Waals surface area contributed by atoms with Gasteiger partial charge in [-0.1, -0.05) is 218 Å². The van der Waals surface area contributed by atoms with Crippen molar-refractivity contribution in [3.05, 3.63) is 334 Å². The molecule has 0 aliphatic carbocycles. The fourth-order valence-corrected chi connectivity index (χ4v) is 19.7. The molecule has 0 N–H and O–H groups in total. The monoisotopic (exact) mass is 1350 g/mol. The maximum Gasteiger partial charge on any atom is 0.160 e. The maximum absolute atomic E-state index is 5.67. The zero-order chi connectivity index (χ0) is 66.7. The van der Waals surface area contributed by atoms with Gasteiger partial charge in [0.1, 0.15) is 0 Å². The third-order valence-corrected chi connectivity index (χ3v) is 24.4. The van der Waals surface area contributed by atoms with Crippen molar-refractivity contribution in [2.75, 3.05) is 0 Å². The van der Waals surface area contributed by atoms with Crippen molar-refractivity contribution in [3.8, 4) is 84.3 Å². The van der Waals surface area contributed by atoms with Crippen LogP contribution in [0.2, 0.25) is 0 Å². The van der Waals surface area contributed by atoms with Crippen molar-refractivity contribution in [2.24, 2.45) is 0 Å². The topological polar surface area (TPSA) is 40.6 Å². The van der Waals surface area contributed by atoms with Crippen LogP contribution in [0, 0.1) is 0 Å². The second-order valence-corrected chi connectivity index (χ2v) is 30.0. The normalized spacial score (nSPS) is 12.1. The largest absolute Gasteiger partial charge is 0.309 e. The molecule has 8 heteroatoms. The Balaban J connectivity index is 0.708. The van der Waals surface area contributed by atoms with E-state index in [0.29, 0.717) is 5.82 Å². The summed E-state index contributed by atoms with van der Waals surface area (Å²) in [5, 5.41) is 15.0. The van der Waals surface area contributed by atoms with E-state index in [4.69, 9.17) is 9.97 Å². The van der Waals surface area contributed by atoms with Gasteiger partial charge in [-0.05, 0) is 149 Å². The molecule has 15 aromatic carbocycles. The fraction of sp³-hybridized carbons (Fsp3) is 0. The summed E-state index contributed by atoms with van der Waals surface area (Å²) in [5.74, 6) is 0.632. The molecule has 0 unspecified atom stereocenters. The number of rotatable bonds is 9. The highest BCUT2D eigenvalue weighted by Gasteiger charge is 2.22. The molecule has 102 heavy (non-hydrogen) atoms. The van der Waals surface area contributed by atoms with E-state index in [0.717, 1.165) is 78.2 Å². The van der Waals surface area contributed by atoms with E-state index in [1.807, 2.05) is 34.0 Å². The van der Waals surface area contributed by atoms with Crippen molar-refractivity contribution < 1.29 is 0 Å². The third kappa shape index (κ3) is 9.00. The molecule has 0 aliphatic heterocycles. The second-order valence-electron chi connectivity index (χ2n) is 26.8. The lowest BCUT2D eigenvalue weighted by Crippen LogP contribution is -2.00. The zero-order valence-electron chi connectivity index (χ0n) is 54.7. The molecule has 0 bridgehead atoms. The lowest BCUT2D eigenvalue weighted by atomic mass is 10.0. The van der Waals surface area contributed by atoms with Gasteiger partial charge < -0.3 is 13.7 Å². The van der Waals surface area contributed by atoms with Gasteiger partial charge in [0.05, 0.1) is 44.5 Å². The van der Waals surface area contributed by atoms with Gasteiger partial charge in [0.2, 0.25) is 0 Å². The Labute approximate surface area is 597 Å². The summed E-state index contributed by atoms with van der Waals surface area (Å²) < 4.78 is 15.1. The highest BCUT2D eigenvalue weighted by molar-refractivity contribution is 7.26. The summed E-state index contributed by atoms with van der Waals surface area (Å²) in [5.41, 5.74) is 21.6. The van der Waals surface area contributed by atoms with Gasteiger partial charge in [-0.2, -0.15) is 0 Å². The molecular weight excluding hydrogens is 1300 g/mol. The number of benzene rings is 15. The average Bonchev–Trinajstić information content (AvgIpc) is 1.60. The van der Waals surface area contributed by atoms with Crippen molar-refractivity contribution in [2.45, 2.75) is 0 Å². The van der Waals surface area contributed by atoms with Crippen LogP contribution < -0.4 is 0 Å². The van der Waals surface area contributed by atoms with Gasteiger partial charge in [0.25, 0.3) is 0 Å². The van der Waals surface area contributed by atoms with Gasteiger partial charge in [-0.15, -0.1) is 34.0 Å². The minimum absolute atomic E-state index is 0.632. The van der Waals surface area contributed by atoms with Crippen LogP contribution in [0.3, 0.4) is 0 Å². The molecule has 0 radical (unpaired) electrons. The molecule has 0 saturated carbocycles. The minimum atomic E-state index is 0.632. The highest BCUT2D eigenvalue weighted by Crippen LogP contribution is 2.45. The highest BCUT2D eigenvalue weighted by atomic mass is 32.1. The van der Waals surface area contributed by atoms with E-state index in [-0.39, 0.29) is 0 Å². The number of hydrogen-bond donors (Lipinski definition) is 0. The summed E-state index contributed by atoms with van der Waals surface area (Å²) in [6, 6.07) is 123. The van der Waals surface area contributed by atoms with Crippen LogP contribution in [0.4, 0.5) is 0 Å². The van der Waals surface area contributed by atoms with Crippen LogP contribution >= 0.6 is 34.0 Å². The summed E-state index contributed by atoms with van der Waals surface area (Å²) in [6.07, 6.45) is 0. The molecule has 5 nitrogen and oxygen atoms in total. The van der Waals surface area contributed by atoms with Crippen LogP contribution in [0.15, 0.2) is 334 Å². The van der Waals surface area contributed by atoms with Crippen LogP contribution in [0.25, 0.3) is 210 Å². The Morgan fingerprint density at radius 3 is 0.814 bits per heavy atom. The number of aromatic nitrogens is 5. The van der Waals surface area contributed by atoms with Gasteiger partial charge in [-0.25, -0.2) is 9.97 Å². The number of para-hydroxylation sites is 3. The summed E-state index contributed by atoms with van der Waals surface area (Å²) in [4.78, 5) is 11.3. The van der Waals surface area contributed by atoms with Gasteiger partial charge in [0, 0.05) is 127 Å². The molecule has 0 atom stereocenters. The van der Waals surface area contributed by atoms with Crippen molar-refractivity contribution in [1.29, 1.82) is 0 Å². The van der Waals surface area contributed by atoms with Crippen LogP contribution in [0.5, 0.6) is 0 Å². The molecule has 0 fully saturated rings. The van der Waals surface area contributed by atoms with E-state index in [9.17, 15) is 0 Å². The molecule has 7 aromatic heterocycles. The van der Waals surface area contributed by atoms with E-state index in [2.05, 4.69) is 347 Å². The van der Waals surface area contributed by atoms with Crippen molar-refractivity contribution in [1.82, 2.24) is 23.7 Å². The summed E-state index contributed by atoms with van der Waals surface area (Å²) in [7, 11) is 0. The van der Waals surface area contributed by atoms with Crippen LogP contribution in [0.1, 0.15) is 0 Å². The quantitative estimate of drug-likeness (QED) is 0.144. The zero-order valence-corrected chi connectivity index (χ0v) is 57.2. The predicted molar refractivity (Wildman–Crippen MR) is 436 cm³/mol. The first-order valence-electron chi connectivity index (χ1n) is 34.6. The lowest BCUT2D eigenvalue weighted by Gasteiger charge is -2.14.